The molecule has 7 heteroatoms. The van der Waals surface area contributed by atoms with Crippen LogP contribution >= 0.6 is 0 Å². The Hall–Kier alpha value is -2.05. The Bertz CT molecular complexity index is 685. The van der Waals surface area contributed by atoms with Crippen molar-refractivity contribution >= 4 is 17.6 Å². The maximum absolute atomic E-state index is 13.0. The topological polar surface area (TPSA) is 55.4 Å². The van der Waals surface area contributed by atoms with Gasteiger partial charge in [0.15, 0.2) is 0 Å². The lowest BCUT2D eigenvalue weighted by molar-refractivity contribution is -0.145. The van der Waals surface area contributed by atoms with E-state index in [1.165, 1.54) is 18.2 Å². The maximum Gasteiger partial charge on any atom is 0.418 e. The van der Waals surface area contributed by atoms with Crippen molar-refractivity contribution in [3.63, 3.8) is 0 Å². The number of amides is 1. The standard InChI is InChI=1S/C16H14F3NO3/c17-16(18,19)9-3-1-2-4-10(9)20-14(21)12-7-5-8-11(6-7)23-15(22)13(8)12/h1-4,7-8,11-13H,5-6H2,(H,20,21)/t7-,8-,11-,12-,13+/m1/s1. The Morgan fingerprint density at radius 2 is 1.96 bits per heavy atom. The van der Waals surface area contributed by atoms with Crippen LogP contribution in [-0.4, -0.2) is 18.0 Å². The molecule has 0 spiro atoms. The Balaban J connectivity index is 1.59. The molecule has 1 heterocycles. The maximum atomic E-state index is 13.0. The number of esters is 1. The van der Waals surface area contributed by atoms with Crippen LogP contribution in [0.15, 0.2) is 24.3 Å². The number of halogens is 3. The van der Waals surface area contributed by atoms with E-state index < -0.39 is 29.5 Å². The highest BCUT2D eigenvalue weighted by molar-refractivity contribution is 5.97. The van der Waals surface area contributed by atoms with Gasteiger partial charge in [-0.3, -0.25) is 9.59 Å². The highest BCUT2D eigenvalue weighted by Crippen LogP contribution is 2.57. The average molecular weight is 325 g/mol. The molecule has 1 N–H and O–H groups in total. The zero-order valence-electron chi connectivity index (χ0n) is 12.0. The van der Waals surface area contributed by atoms with Gasteiger partial charge in [0.2, 0.25) is 5.91 Å². The summed E-state index contributed by atoms with van der Waals surface area (Å²) in [6.45, 7) is 0. The Morgan fingerprint density at radius 1 is 1.22 bits per heavy atom. The molecule has 3 aliphatic rings. The predicted molar refractivity (Wildman–Crippen MR) is 73.1 cm³/mol. The Morgan fingerprint density at radius 3 is 2.70 bits per heavy atom. The second kappa shape index (κ2) is 4.72. The second-order valence-electron chi connectivity index (χ2n) is 6.45. The number of nitrogens with one attached hydrogen (secondary N) is 1. The zero-order chi connectivity index (χ0) is 16.4. The molecule has 1 aliphatic heterocycles. The van der Waals surface area contributed by atoms with Gasteiger partial charge in [-0.05, 0) is 30.9 Å². The average Bonchev–Trinajstić information content (AvgIpc) is 3.08. The molecule has 1 amide bonds. The van der Waals surface area contributed by atoms with Crippen LogP contribution in [0.2, 0.25) is 0 Å². The van der Waals surface area contributed by atoms with Crippen molar-refractivity contribution in [3.8, 4) is 0 Å². The number of alkyl halides is 3. The molecule has 1 aromatic carbocycles. The summed E-state index contributed by atoms with van der Waals surface area (Å²) in [6, 6.07) is 4.86. The van der Waals surface area contributed by atoms with Gasteiger partial charge in [-0.1, -0.05) is 12.1 Å². The van der Waals surface area contributed by atoms with Gasteiger partial charge in [0.25, 0.3) is 0 Å². The van der Waals surface area contributed by atoms with Crippen LogP contribution in [0, 0.1) is 23.7 Å². The molecule has 0 unspecified atom stereocenters. The third kappa shape index (κ3) is 2.13. The minimum absolute atomic E-state index is 0.0134. The van der Waals surface area contributed by atoms with E-state index >= 15 is 0 Å². The molecule has 3 fully saturated rings. The van der Waals surface area contributed by atoms with Gasteiger partial charge in [-0.2, -0.15) is 13.2 Å². The van der Waals surface area contributed by atoms with E-state index in [-0.39, 0.29) is 29.6 Å². The van der Waals surface area contributed by atoms with Crippen LogP contribution in [0.1, 0.15) is 18.4 Å². The summed E-state index contributed by atoms with van der Waals surface area (Å²) in [5, 5.41) is 2.38. The first kappa shape index (κ1) is 14.5. The van der Waals surface area contributed by atoms with Crippen LogP contribution in [0.3, 0.4) is 0 Å². The quantitative estimate of drug-likeness (QED) is 0.851. The first-order chi connectivity index (χ1) is 10.9. The van der Waals surface area contributed by atoms with Crippen LogP contribution in [0.25, 0.3) is 0 Å². The third-order valence-electron chi connectivity index (χ3n) is 5.28. The van der Waals surface area contributed by atoms with Gasteiger partial charge in [0.1, 0.15) is 6.10 Å². The molecule has 2 aliphatic carbocycles. The van der Waals surface area contributed by atoms with Crippen molar-refractivity contribution in [1.82, 2.24) is 0 Å². The summed E-state index contributed by atoms with van der Waals surface area (Å²) < 4.78 is 44.3. The van der Waals surface area contributed by atoms with E-state index in [4.69, 9.17) is 4.74 Å². The fraction of sp³-hybridized carbons (Fsp3) is 0.500. The molecule has 2 saturated carbocycles. The molecule has 4 nitrogen and oxygen atoms in total. The summed E-state index contributed by atoms with van der Waals surface area (Å²) in [5.74, 6) is -1.94. The number of rotatable bonds is 2. The number of fused-ring (bicyclic) bond motifs is 1. The molecular formula is C16H14F3NO3. The van der Waals surface area contributed by atoms with Crippen LogP contribution in [-0.2, 0) is 20.5 Å². The van der Waals surface area contributed by atoms with E-state index in [1.54, 1.807) is 0 Å². The summed E-state index contributed by atoms with van der Waals surface area (Å²) in [6.07, 6.45) is -3.29. The summed E-state index contributed by atoms with van der Waals surface area (Å²) >= 11 is 0. The number of carbonyl (C=O) groups excluding carboxylic acids is 2. The van der Waals surface area contributed by atoms with Gasteiger partial charge >= 0.3 is 12.1 Å². The number of anilines is 1. The van der Waals surface area contributed by atoms with Gasteiger partial charge < -0.3 is 10.1 Å². The van der Waals surface area contributed by atoms with Gasteiger partial charge in [0.05, 0.1) is 23.1 Å². The smallest absolute Gasteiger partial charge is 0.418 e. The number of ether oxygens (including phenoxy) is 1. The third-order valence-corrected chi connectivity index (χ3v) is 5.28. The molecule has 23 heavy (non-hydrogen) atoms. The summed E-state index contributed by atoms with van der Waals surface area (Å²) in [4.78, 5) is 24.4. The van der Waals surface area contributed by atoms with Crippen LogP contribution in [0.5, 0.6) is 0 Å². The number of hydrogen-bond donors (Lipinski definition) is 1. The predicted octanol–water partition coefficient (Wildman–Crippen LogP) is 2.84. The highest BCUT2D eigenvalue weighted by atomic mass is 19.4. The molecule has 5 atom stereocenters. The van der Waals surface area contributed by atoms with Crippen LogP contribution < -0.4 is 5.32 Å². The Labute approximate surface area is 130 Å². The molecule has 1 saturated heterocycles. The van der Waals surface area contributed by atoms with E-state index in [9.17, 15) is 22.8 Å². The summed E-state index contributed by atoms with van der Waals surface area (Å²) in [7, 11) is 0. The van der Waals surface area contributed by atoms with Crippen molar-refractivity contribution in [2.75, 3.05) is 5.32 Å². The van der Waals surface area contributed by atoms with Gasteiger partial charge in [-0.25, -0.2) is 0 Å². The molecular weight excluding hydrogens is 311 g/mol. The molecule has 1 aromatic rings. The number of para-hydroxylation sites is 1. The first-order valence-electron chi connectivity index (χ1n) is 7.54. The second-order valence-corrected chi connectivity index (χ2v) is 6.45. The van der Waals surface area contributed by atoms with Crippen molar-refractivity contribution < 1.29 is 27.5 Å². The van der Waals surface area contributed by atoms with Gasteiger partial charge in [-0.15, -0.1) is 0 Å². The molecule has 2 bridgehead atoms. The minimum Gasteiger partial charge on any atom is -0.462 e. The summed E-state index contributed by atoms with van der Waals surface area (Å²) in [5.41, 5.74) is -1.15. The highest BCUT2D eigenvalue weighted by Gasteiger charge is 2.63. The van der Waals surface area contributed by atoms with Crippen LogP contribution in [0.4, 0.5) is 18.9 Å². The largest absolute Gasteiger partial charge is 0.462 e. The number of benzene rings is 1. The van der Waals surface area contributed by atoms with Gasteiger partial charge in [0, 0.05) is 5.92 Å². The fourth-order valence-corrected chi connectivity index (χ4v) is 4.42. The van der Waals surface area contributed by atoms with Crippen molar-refractivity contribution in [1.29, 1.82) is 0 Å². The monoisotopic (exact) mass is 325 g/mol. The van der Waals surface area contributed by atoms with E-state index in [0.29, 0.717) is 6.42 Å². The lowest BCUT2D eigenvalue weighted by Crippen LogP contribution is -2.36. The lowest BCUT2D eigenvalue weighted by atomic mass is 9.79. The van der Waals surface area contributed by atoms with Crippen molar-refractivity contribution in [2.45, 2.75) is 25.1 Å². The minimum atomic E-state index is -4.55. The Kier molecular flexibility index (Phi) is 2.98. The van der Waals surface area contributed by atoms with Crippen molar-refractivity contribution in [3.05, 3.63) is 29.8 Å². The lowest BCUT2D eigenvalue weighted by Gasteiger charge is -2.24. The van der Waals surface area contributed by atoms with Crippen molar-refractivity contribution in [2.24, 2.45) is 23.7 Å². The SMILES string of the molecule is O=C(Nc1ccccc1C(F)(F)F)[C@@H]1[C@@H]2C[C@H]3[C@@H]1C(=O)O[C@@H]3C2. The van der Waals surface area contributed by atoms with E-state index in [0.717, 1.165) is 12.5 Å². The molecule has 0 radical (unpaired) electrons. The fourth-order valence-electron chi connectivity index (χ4n) is 4.42. The van der Waals surface area contributed by atoms with E-state index in [2.05, 4.69) is 5.32 Å². The number of hydrogen-bond acceptors (Lipinski definition) is 3. The molecule has 122 valence electrons. The molecule has 0 aromatic heterocycles. The number of carbonyl (C=O) groups is 2. The normalized spacial score (nSPS) is 34.6. The first-order valence-corrected chi connectivity index (χ1v) is 7.54. The molecule has 4 rings (SSSR count). The van der Waals surface area contributed by atoms with E-state index in [1.807, 2.05) is 0 Å². The zero-order valence-corrected chi connectivity index (χ0v) is 12.0.